The van der Waals surface area contributed by atoms with E-state index in [2.05, 4.69) is 10.1 Å². The highest BCUT2D eigenvalue weighted by Gasteiger charge is 2.37. The van der Waals surface area contributed by atoms with E-state index in [1.165, 1.54) is 16.8 Å². The van der Waals surface area contributed by atoms with Gasteiger partial charge in [-0.1, -0.05) is 17.7 Å². The van der Waals surface area contributed by atoms with Gasteiger partial charge < -0.3 is 10.8 Å². The lowest BCUT2D eigenvalue weighted by Crippen LogP contribution is -2.32. The molecule has 0 radical (unpaired) electrons. The third kappa shape index (κ3) is 2.33. The Bertz CT molecular complexity index is 718. The first-order valence-electron chi connectivity index (χ1n) is 6.36. The van der Waals surface area contributed by atoms with E-state index in [4.69, 9.17) is 17.3 Å². The molecule has 2 atom stereocenters. The number of aryl methyl sites for hydroxylation is 1. The second kappa shape index (κ2) is 5.00. The number of halogens is 2. The van der Waals surface area contributed by atoms with E-state index in [1.54, 1.807) is 6.07 Å². The number of nitrogens with two attached hydrogens (primary N) is 1. The summed E-state index contributed by atoms with van der Waals surface area (Å²) in [4.78, 5) is 15.6. The van der Waals surface area contributed by atoms with Crippen molar-refractivity contribution in [3.05, 3.63) is 40.4 Å². The number of rotatable bonds is 2. The molecule has 1 aromatic carbocycles. The number of fused-ring (bicyclic) bond motifs is 1. The molecule has 0 saturated heterocycles. The largest absolute Gasteiger partial charge is 0.480 e. The van der Waals surface area contributed by atoms with E-state index in [-0.39, 0.29) is 16.9 Å². The fourth-order valence-corrected chi connectivity index (χ4v) is 2.94. The molecule has 0 aliphatic carbocycles. The maximum Gasteiger partial charge on any atom is 0.329 e. The number of aromatic nitrogens is 3. The van der Waals surface area contributed by atoms with Gasteiger partial charge in [-0.15, -0.1) is 5.10 Å². The zero-order chi connectivity index (χ0) is 15.1. The molecule has 3 rings (SSSR count). The lowest BCUT2D eigenvalue weighted by molar-refractivity contribution is -0.142. The summed E-state index contributed by atoms with van der Waals surface area (Å²) in [6, 6.07) is 3.32. The van der Waals surface area contributed by atoms with Crippen LogP contribution in [-0.4, -0.2) is 25.8 Å². The van der Waals surface area contributed by atoms with Crippen LogP contribution in [0.25, 0.3) is 0 Å². The van der Waals surface area contributed by atoms with Crippen molar-refractivity contribution >= 4 is 23.5 Å². The van der Waals surface area contributed by atoms with Gasteiger partial charge >= 0.3 is 5.97 Å². The van der Waals surface area contributed by atoms with Crippen molar-refractivity contribution in [3.63, 3.8) is 0 Å². The van der Waals surface area contributed by atoms with Gasteiger partial charge in [-0.2, -0.15) is 4.98 Å². The molecule has 3 N–H and O–H groups in total. The van der Waals surface area contributed by atoms with Crippen LogP contribution in [0, 0.1) is 5.82 Å². The summed E-state index contributed by atoms with van der Waals surface area (Å²) < 4.78 is 14.6. The highest BCUT2D eigenvalue weighted by atomic mass is 35.5. The van der Waals surface area contributed by atoms with Crippen molar-refractivity contribution < 1.29 is 14.3 Å². The zero-order valence-electron chi connectivity index (χ0n) is 10.8. The van der Waals surface area contributed by atoms with Crippen molar-refractivity contribution in [1.82, 2.24) is 14.8 Å². The number of carboxylic acid groups (broad SMARTS) is 1. The van der Waals surface area contributed by atoms with Crippen molar-refractivity contribution in [1.29, 1.82) is 0 Å². The summed E-state index contributed by atoms with van der Waals surface area (Å²) in [6.45, 7) is 0. The zero-order valence-corrected chi connectivity index (χ0v) is 11.6. The lowest BCUT2D eigenvalue weighted by Gasteiger charge is -2.29. The molecule has 21 heavy (non-hydrogen) atoms. The first kappa shape index (κ1) is 13.8. The predicted molar refractivity (Wildman–Crippen MR) is 73.6 cm³/mol. The molecule has 2 unspecified atom stereocenters. The van der Waals surface area contributed by atoms with Crippen LogP contribution in [0.3, 0.4) is 0 Å². The van der Waals surface area contributed by atoms with Gasteiger partial charge in [0.25, 0.3) is 0 Å². The van der Waals surface area contributed by atoms with E-state index >= 15 is 0 Å². The molecular weight excluding hydrogens is 299 g/mol. The number of nitrogens with zero attached hydrogens (tertiary/aromatic N) is 3. The van der Waals surface area contributed by atoms with E-state index in [1.807, 2.05) is 0 Å². The standard InChI is InChI=1S/C13H12ClFN4O2/c14-8-5-6(1-3-9(8)15)7-2-4-10-17-13(16)18-19(10)11(7)12(20)21/h1,3,5,7,11H,2,4H2,(H2,16,18)(H,20,21). The number of hydrogen-bond acceptors (Lipinski definition) is 4. The smallest absolute Gasteiger partial charge is 0.329 e. The minimum Gasteiger partial charge on any atom is -0.480 e. The Balaban J connectivity index is 2.06. The van der Waals surface area contributed by atoms with Crippen molar-refractivity contribution in [2.75, 3.05) is 5.73 Å². The molecule has 2 aromatic rings. The number of benzene rings is 1. The number of carboxylic acids is 1. The quantitative estimate of drug-likeness (QED) is 0.885. The van der Waals surface area contributed by atoms with Crippen LogP contribution in [0.15, 0.2) is 18.2 Å². The van der Waals surface area contributed by atoms with E-state index in [0.717, 1.165) is 0 Å². The molecule has 2 heterocycles. The Labute approximate surface area is 124 Å². The van der Waals surface area contributed by atoms with E-state index < -0.39 is 17.8 Å². The van der Waals surface area contributed by atoms with Gasteiger partial charge in [-0.25, -0.2) is 13.9 Å². The van der Waals surface area contributed by atoms with Crippen LogP contribution in [0.2, 0.25) is 5.02 Å². The highest BCUT2D eigenvalue weighted by Crippen LogP contribution is 2.38. The highest BCUT2D eigenvalue weighted by molar-refractivity contribution is 6.30. The summed E-state index contributed by atoms with van der Waals surface area (Å²) >= 11 is 5.79. The fraction of sp³-hybridized carbons (Fsp3) is 0.308. The van der Waals surface area contributed by atoms with Crippen molar-refractivity contribution in [3.8, 4) is 0 Å². The van der Waals surface area contributed by atoms with Crippen LogP contribution in [0.4, 0.5) is 10.3 Å². The molecule has 110 valence electrons. The first-order valence-corrected chi connectivity index (χ1v) is 6.74. The van der Waals surface area contributed by atoms with Gasteiger partial charge in [0.15, 0.2) is 6.04 Å². The molecule has 0 saturated carbocycles. The van der Waals surface area contributed by atoms with Gasteiger partial charge in [-0.05, 0) is 24.1 Å². The average Bonchev–Trinajstić information content (AvgIpc) is 2.80. The van der Waals surface area contributed by atoms with Crippen LogP contribution in [0.5, 0.6) is 0 Å². The molecule has 8 heteroatoms. The SMILES string of the molecule is Nc1nc2n(n1)C(C(=O)O)C(c1ccc(F)c(Cl)c1)CC2. The molecule has 0 bridgehead atoms. The monoisotopic (exact) mass is 310 g/mol. The van der Waals surface area contributed by atoms with Gasteiger partial charge in [-0.3, -0.25) is 0 Å². The van der Waals surface area contributed by atoms with Gasteiger partial charge in [0.1, 0.15) is 11.6 Å². The second-order valence-electron chi connectivity index (χ2n) is 4.93. The van der Waals surface area contributed by atoms with Crippen LogP contribution >= 0.6 is 11.6 Å². The Hall–Kier alpha value is -2.15. The molecule has 1 aliphatic rings. The topological polar surface area (TPSA) is 94.0 Å². The number of hydrogen-bond donors (Lipinski definition) is 2. The van der Waals surface area contributed by atoms with Gasteiger partial charge in [0.2, 0.25) is 5.95 Å². The Kier molecular flexibility index (Phi) is 3.29. The van der Waals surface area contributed by atoms with Gasteiger partial charge in [0, 0.05) is 12.3 Å². The molecule has 1 aromatic heterocycles. The second-order valence-corrected chi connectivity index (χ2v) is 5.34. The minimum atomic E-state index is -1.04. The molecule has 1 aliphatic heterocycles. The Morgan fingerprint density at radius 1 is 1.52 bits per heavy atom. The van der Waals surface area contributed by atoms with E-state index in [0.29, 0.717) is 24.2 Å². The number of nitrogen functional groups attached to an aromatic ring is 1. The summed E-state index contributed by atoms with van der Waals surface area (Å²) in [5.41, 5.74) is 6.20. The third-order valence-electron chi connectivity index (χ3n) is 3.67. The predicted octanol–water partition coefficient (Wildman–Crippen LogP) is 2.01. The van der Waals surface area contributed by atoms with Crippen LogP contribution in [-0.2, 0) is 11.2 Å². The van der Waals surface area contributed by atoms with E-state index in [9.17, 15) is 14.3 Å². The molecule has 6 nitrogen and oxygen atoms in total. The summed E-state index contributed by atoms with van der Waals surface area (Å²) in [6.07, 6.45) is 1.10. The average molecular weight is 311 g/mol. The first-order chi connectivity index (χ1) is 9.97. The van der Waals surface area contributed by atoms with Gasteiger partial charge in [0.05, 0.1) is 5.02 Å². The Morgan fingerprint density at radius 3 is 2.95 bits per heavy atom. The number of carbonyl (C=O) groups is 1. The van der Waals surface area contributed by atoms with Crippen molar-refractivity contribution in [2.24, 2.45) is 0 Å². The fourth-order valence-electron chi connectivity index (χ4n) is 2.75. The van der Waals surface area contributed by atoms with Crippen LogP contribution < -0.4 is 5.73 Å². The maximum absolute atomic E-state index is 13.3. The normalized spacial score (nSPS) is 21.0. The minimum absolute atomic E-state index is 0.0273. The molecule has 0 amide bonds. The molecule has 0 fully saturated rings. The van der Waals surface area contributed by atoms with Crippen LogP contribution in [0.1, 0.15) is 29.8 Å². The van der Waals surface area contributed by atoms with Crippen molar-refractivity contribution in [2.45, 2.75) is 24.8 Å². The number of anilines is 1. The third-order valence-corrected chi connectivity index (χ3v) is 3.96. The summed E-state index contributed by atoms with van der Waals surface area (Å²) in [7, 11) is 0. The summed E-state index contributed by atoms with van der Waals surface area (Å²) in [5, 5.41) is 13.5. The number of aliphatic carboxylic acids is 1. The Morgan fingerprint density at radius 2 is 2.29 bits per heavy atom. The molecular formula is C13H12ClFN4O2. The maximum atomic E-state index is 13.3. The molecule has 0 spiro atoms. The lowest BCUT2D eigenvalue weighted by atomic mass is 9.85. The summed E-state index contributed by atoms with van der Waals surface area (Å²) in [5.74, 6) is -1.34.